The number of phenols is 1. The van der Waals surface area contributed by atoms with Crippen molar-refractivity contribution in [3.8, 4) is 5.75 Å². The monoisotopic (exact) mass is 1140 g/mol. The Labute approximate surface area is 474 Å². The van der Waals surface area contributed by atoms with Crippen molar-refractivity contribution in [1.82, 2.24) is 42.5 Å². The molecule has 0 aliphatic rings. The van der Waals surface area contributed by atoms with E-state index in [0.29, 0.717) is 12.0 Å². The average molecular weight is 1150 g/mol. The number of benzene rings is 1. The topological polar surface area (TPSA) is 488 Å². The summed E-state index contributed by atoms with van der Waals surface area (Å²) in [7, 11) is 0. The van der Waals surface area contributed by atoms with Gasteiger partial charge in [-0.1, -0.05) is 73.9 Å². The van der Waals surface area contributed by atoms with Crippen molar-refractivity contribution in [2.75, 3.05) is 13.1 Å². The number of nitrogens with zero attached hydrogens (tertiary/aromatic N) is 2. The molecule has 28 heteroatoms. The molecule has 81 heavy (non-hydrogen) atoms. The molecule has 22 N–H and O–H groups in total. The van der Waals surface area contributed by atoms with Crippen molar-refractivity contribution in [2.24, 2.45) is 68.1 Å². The summed E-state index contributed by atoms with van der Waals surface area (Å²) in [4.78, 5) is 143. The number of aromatic hydroxyl groups is 1. The predicted molar refractivity (Wildman–Crippen MR) is 305 cm³/mol. The largest absolute Gasteiger partial charge is 0.508 e. The number of hydrogen-bond acceptors (Lipinski definition) is 14. The van der Waals surface area contributed by atoms with E-state index >= 15 is 0 Å². The number of carbonyl (C=O) groups is 10. The number of aliphatic carboxylic acids is 1. The van der Waals surface area contributed by atoms with Gasteiger partial charge in [-0.3, -0.25) is 53.1 Å². The Balaban J connectivity index is 3.48. The molecule has 28 nitrogen and oxygen atoms in total. The Kier molecular flexibility index (Phi) is 32.1. The highest BCUT2D eigenvalue weighted by Gasteiger charge is 2.36. The number of phenolic OH excluding ortho intramolecular Hbond substituents is 1. The van der Waals surface area contributed by atoms with Crippen LogP contribution in [0.2, 0.25) is 0 Å². The zero-order valence-corrected chi connectivity index (χ0v) is 48.3. The van der Waals surface area contributed by atoms with Crippen LogP contribution < -0.4 is 76.9 Å². The van der Waals surface area contributed by atoms with E-state index in [9.17, 15) is 58.2 Å². The van der Waals surface area contributed by atoms with Crippen molar-refractivity contribution in [3.63, 3.8) is 0 Å². The number of carboxylic acids is 1. The Morgan fingerprint density at radius 1 is 0.494 bits per heavy atom. The predicted octanol–water partition coefficient (Wildman–Crippen LogP) is -2.20. The molecule has 0 fully saturated rings. The minimum Gasteiger partial charge on any atom is -0.508 e. The molecule has 0 saturated heterocycles. The van der Waals surface area contributed by atoms with Crippen LogP contribution in [0.1, 0.15) is 132 Å². The van der Waals surface area contributed by atoms with E-state index in [1.807, 2.05) is 0 Å². The molecule has 0 aliphatic heterocycles. The normalized spacial score (nSPS) is 14.9. The number of guanidine groups is 2. The molecular formula is C53H92N16O12. The van der Waals surface area contributed by atoms with Crippen LogP contribution in [0.4, 0.5) is 0 Å². The molecule has 1 rings (SSSR count). The van der Waals surface area contributed by atoms with Gasteiger partial charge < -0.3 is 87.1 Å². The smallest absolute Gasteiger partial charge is 0.326 e. The maximum absolute atomic E-state index is 14.2. The lowest BCUT2D eigenvalue weighted by Gasteiger charge is -2.29. The molecular weight excluding hydrogens is 1050 g/mol. The first-order valence-electron chi connectivity index (χ1n) is 27.4. The number of carboxylic acid groups (broad SMARTS) is 1. The third kappa shape index (κ3) is 28.8. The highest BCUT2D eigenvalue weighted by molar-refractivity contribution is 5.98. The Morgan fingerprint density at radius 3 is 1.30 bits per heavy atom. The zero-order chi connectivity index (χ0) is 61.7. The average Bonchev–Trinajstić information content (AvgIpc) is 3.37. The van der Waals surface area contributed by atoms with Gasteiger partial charge >= 0.3 is 5.97 Å². The first kappa shape index (κ1) is 71.2. The second-order valence-corrected chi connectivity index (χ2v) is 21.6. The number of nitrogens with two attached hydrogens (primary N) is 6. The zero-order valence-electron chi connectivity index (χ0n) is 48.3. The Morgan fingerprint density at radius 2 is 0.877 bits per heavy atom. The quantitative estimate of drug-likeness (QED) is 0.0190. The lowest BCUT2D eigenvalue weighted by molar-refractivity contribution is -0.143. The first-order chi connectivity index (χ1) is 37.8. The fourth-order valence-electron chi connectivity index (χ4n) is 8.17. The fourth-order valence-corrected chi connectivity index (χ4v) is 8.17. The number of rotatable bonds is 38. The summed E-state index contributed by atoms with van der Waals surface area (Å²) in [6.07, 6.45) is 0.127. The number of hydrogen-bond donors (Lipinski definition) is 16. The molecule has 456 valence electrons. The van der Waals surface area contributed by atoms with E-state index in [-0.39, 0.29) is 106 Å². The van der Waals surface area contributed by atoms with Gasteiger partial charge in [-0.05, 0) is 106 Å². The number of nitrogens with one attached hydrogen (secondary N) is 8. The Hall–Kier alpha value is -7.78. The lowest BCUT2D eigenvalue weighted by Crippen LogP contribution is -2.60. The number of carbonyl (C=O) groups excluding carboxylic acids is 9. The van der Waals surface area contributed by atoms with E-state index < -0.39 is 126 Å². The van der Waals surface area contributed by atoms with E-state index in [1.54, 1.807) is 67.5 Å². The number of amides is 9. The van der Waals surface area contributed by atoms with E-state index in [0.717, 1.165) is 0 Å². The summed E-state index contributed by atoms with van der Waals surface area (Å²) >= 11 is 0. The van der Waals surface area contributed by atoms with Crippen molar-refractivity contribution in [1.29, 1.82) is 0 Å². The van der Waals surface area contributed by atoms with E-state index in [4.69, 9.17) is 34.4 Å². The van der Waals surface area contributed by atoms with Gasteiger partial charge in [-0.25, -0.2) is 4.79 Å². The molecule has 10 atom stereocenters. The first-order valence-corrected chi connectivity index (χ1v) is 27.4. The molecule has 0 bridgehead atoms. The minimum absolute atomic E-state index is 0.00220. The standard InChI is InChI=1S/C53H92N16O12/c1-10-30(8)42(69-44(73)34(54)26-32-15-17-33(70)18-16-32)50(79)65-35(13-11-21-60-52(56)57)45(74)62-31(9)43(72)66-38(23-27(2)3)48(77)64-37(19-20-41(55)71)47(76)63-36(14-12-22-61-53(58)59)46(75)67-39(24-28(4)5)49(78)68-40(51(80)81)25-29(6)7/h15-18,27-31,34-40,42,70H,10-14,19-26,54H2,1-9H3,(H2,55,71)(H,62,74)(H,63,76)(H,64,77)(H,65,79)(H,66,72)(H,67,75)(H,68,78)(H,69,73)(H,80,81)(H4,56,57,60)(H4,58,59,61)/t30-,31-,34-,35-,36-,37-,38-,39-,40-,42-/m0/s1. The van der Waals surface area contributed by atoms with Crippen LogP contribution >= 0.6 is 0 Å². The van der Waals surface area contributed by atoms with E-state index in [1.165, 1.54) is 19.1 Å². The van der Waals surface area contributed by atoms with Gasteiger partial charge in [0.1, 0.15) is 54.1 Å². The minimum atomic E-state index is -1.54. The Bertz CT molecular complexity index is 2310. The van der Waals surface area contributed by atoms with Crippen LogP contribution in [-0.4, -0.2) is 149 Å². The second-order valence-electron chi connectivity index (χ2n) is 21.6. The fraction of sp³-hybridized carbons (Fsp3) is 0.660. The van der Waals surface area contributed by atoms with Gasteiger partial charge in [-0.15, -0.1) is 0 Å². The summed E-state index contributed by atoms with van der Waals surface area (Å²) in [5, 5.41) is 40.3. The van der Waals surface area contributed by atoms with Crippen molar-refractivity contribution in [2.45, 2.75) is 187 Å². The van der Waals surface area contributed by atoms with Crippen LogP contribution in [0, 0.1) is 23.7 Å². The van der Waals surface area contributed by atoms with Gasteiger partial charge in [0.15, 0.2) is 11.9 Å². The molecule has 1 aromatic rings. The van der Waals surface area contributed by atoms with Crippen LogP contribution in [0.15, 0.2) is 34.3 Å². The van der Waals surface area contributed by atoms with Crippen LogP contribution in [0.5, 0.6) is 5.75 Å². The van der Waals surface area contributed by atoms with Crippen molar-refractivity contribution < 1.29 is 58.2 Å². The summed E-state index contributed by atoms with van der Waals surface area (Å²) in [5.74, 6) is -9.93. The van der Waals surface area contributed by atoms with Gasteiger partial charge in [0, 0.05) is 19.5 Å². The van der Waals surface area contributed by atoms with Gasteiger partial charge in [0.25, 0.3) is 0 Å². The maximum Gasteiger partial charge on any atom is 0.326 e. The van der Waals surface area contributed by atoms with Crippen molar-refractivity contribution >= 4 is 71.1 Å². The molecule has 9 amide bonds. The molecule has 0 saturated carbocycles. The summed E-state index contributed by atoms with van der Waals surface area (Å²) in [5.41, 5.74) is 34.3. The molecule has 0 heterocycles. The molecule has 1 aromatic carbocycles. The number of aliphatic imine (C=N–C) groups is 2. The molecule has 0 radical (unpaired) electrons. The van der Waals surface area contributed by atoms with Gasteiger partial charge in [0.05, 0.1) is 6.04 Å². The lowest BCUT2D eigenvalue weighted by atomic mass is 9.96. The van der Waals surface area contributed by atoms with Crippen LogP contribution in [0.25, 0.3) is 0 Å². The third-order valence-electron chi connectivity index (χ3n) is 12.7. The molecule has 0 unspecified atom stereocenters. The SMILES string of the molecule is CC[C@H](C)[C@H](NC(=O)[C@@H](N)Cc1ccc(O)cc1)C(=O)N[C@@H](CCCN=C(N)N)C(=O)N[C@@H](C)C(=O)N[C@@H](CC(C)C)C(=O)N[C@@H](CCC(N)=O)C(=O)N[C@@H](CCCN=C(N)N)C(=O)N[C@@H](CC(C)C)C(=O)N[C@@H](CC(C)C)C(=O)O. The highest BCUT2D eigenvalue weighted by atomic mass is 16.4. The van der Waals surface area contributed by atoms with Crippen LogP contribution in [-0.2, 0) is 54.4 Å². The molecule has 0 aliphatic carbocycles. The maximum atomic E-state index is 14.2. The van der Waals surface area contributed by atoms with Crippen LogP contribution in [0.3, 0.4) is 0 Å². The highest BCUT2D eigenvalue weighted by Crippen LogP contribution is 2.15. The summed E-state index contributed by atoms with van der Waals surface area (Å²) in [6.45, 7) is 15.6. The summed E-state index contributed by atoms with van der Waals surface area (Å²) in [6, 6.07) is -5.54. The van der Waals surface area contributed by atoms with Gasteiger partial charge in [-0.2, -0.15) is 0 Å². The third-order valence-corrected chi connectivity index (χ3v) is 12.7. The van der Waals surface area contributed by atoms with E-state index in [2.05, 4.69) is 52.5 Å². The number of primary amides is 1. The van der Waals surface area contributed by atoms with Gasteiger partial charge in [0.2, 0.25) is 53.2 Å². The second kappa shape index (κ2) is 36.5. The summed E-state index contributed by atoms with van der Waals surface area (Å²) < 4.78 is 0. The molecule has 0 aromatic heterocycles. The van der Waals surface area contributed by atoms with Crippen molar-refractivity contribution in [3.05, 3.63) is 29.8 Å². The molecule has 0 spiro atoms.